The molecule has 0 aromatic heterocycles. The average Bonchev–Trinajstić information content (AvgIpc) is 3.01. The second-order valence-corrected chi connectivity index (χ2v) is 11.6. The SMILES string of the molecule is CCCCCCCCCCOc1ccc(C#CC#Cc2ccc(OCCCCCCCCCC)cc2C(F)(F)F)c(C(F)(F)F)c1. The Bertz CT molecular complexity index is 1180. The molecule has 2 aromatic rings. The number of unbranched alkanes of at least 4 members (excludes halogenated alkanes) is 14. The Morgan fingerprint density at radius 1 is 0.478 bits per heavy atom. The van der Waals surface area contributed by atoms with Crippen LogP contribution in [0.5, 0.6) is 11.5 Å². The first-order valence-corrected chi connectivity index (χ1v) is 16.8. The van der Waals surface area contributed by atoms with Crippen LogP contribution in [0.1, 0.15) is 139 Å². The molecule has 0 saturated heterocycles. The summed E-state index contributed by atoms with van der Waals surface area (Å²) in [7, 11) is 0. The highest BCUT2D eigenvalue weighted by molar-refractivity contribution is 5.52. The molecule has 2 nitrogen and oxygen atoms in total. The number of hydrogen-bond acceptors (Lipinski definition) is 2. The zero-order valence-electron chi connectivity index (χ0n) is 27.3. The van der Waals surface area contributed by atoms with Crippen LogP contribution in [0.25, 0.3) is 0 Å². The summed E-state index contributed by atoms with van der Waals surface area (Å²) in [6.07, 6.45) is 8.14. The minimum absolute atomic E-state index is 0.0893. The predicted molar refractivity (Wildman–Crippen MR) is 173 cm³/mol. The van der Waals surface area contributed by atoms with E-state index in [4.69, 9.17) is 9.47 Å². The van der Waals surface area contributed by atoms with E-state index in [1.807, 2.05) is 0 Å². The van der Waals surface area contributed by atoms with Crippen LogP contribution in [0.15, 0.2) is 36.4 Å². The molecule has 0 spiro atoms. The van der Waals surface area contributed by atoms with E-state index < -0.39 is 23.5 Å². The smallest absolute Gasteiger partial charge is 0.417 e. The maximum absolute atomic E-state index is 13.8. The normalized spacial score (nSPS) is 11.4. The standard InChI is InChI=1S/C38H48F6O2/c1-3-5-7-9-11-13-15-19-27-45-33-25-23-31(35(29-33)37(39,40)41)21-17-18-22-32-24-26-34(30-36(32)38(42,43)44)46-28-20-16-14-12-10-8-6-4-2/h23-26,29-30H,3-16,19-20,27-28H2,1-2H3. The van der Waals surface area contributed by atoms with E-state index in [1.165, 1.54) is 75.6 Å². The summed E-state index contributed by atoms with van der Waals surface area (Å²) < 4.78 is 93.6. The number of benzene rings is 2. The Kier molecular flexibility index (Phi) is 18.2. The maximum Gasteiger partial charge on any atom is 0.417 e. The van der Waals surface area contributed by atoms with E-state index in [9.17, 15) is 26.3 Å². The summed E-state index contributed by atoms with van der Waals surface area (Å²) in [5.74, 6) is 9.43. The lowest BCUT2D eigenvalue weighted by Crippen LogP contribution is -2.09. The zero-order valence-corrected chi connectivity index (χ0v) is 27.3. The molecule has 0 unspecified atom stereocenters. The van der Waals surface area contributed by atoms with Crippen LogP contribution >= 0.6 is 0 Å². The Morgan fingerprint density at radius 3 is 1.13 bits per heavy atom. The number of rotatable bonds is 20. The molecule has 254 valence electrons. The number of halogens is 6. The van der Waals surface area contributed by atoms with Crippen molar-refractivity contribution in [2.75, 3.05) is 13.2 Å². The minimum atomic E-state index is -4.69. The average molecular weight is 651 g/mol. The maximum atomic E-state index is 13.8. The lowest BCUT2D eigenvalue weighted by Gasteiger charge is -2.12. The largest absolute Gasteiger partial charge is 0.494 e. The van der Waals surface area contributed by atoms with Crippen LogP contribution in [0.3, 0.4) is 0 Å². The van der Waals surface area contributed by atoms with Gasteiger partial charge in [0.1, 0.15) is 11.5 Å². The van der Waals surface area contributed by atoms with E-state index in [2.05, 4.69) is 37.5 Å². The van der Waals surface area contributed by atoms with Gasteiger partial charge in [0.15, 0.2) is 0 Å². The van der Waals surface area contributed by atoms with Crippen LogP contribution in [0.2, 0.25) is 0 Å². The number of alkyl halides is 6. The number of ether oxygens (including phenoxy) is 2. The van der Waals surface area contributed by atoms with Crippen LogP contribution in [-0.2, 0) is 12.4 Å². The molecule has 0 amide bonds. The minimum Gasteiger partial charge on any atom is -0.494 e. The lowest BCUT2D eigenvalue weighted by molar-refractivity contribution is -0.138. The van der Waals surface area contributed by atoms with Gasteiger partial charge in [0.05, 0.1) is 24.3 Å². The molecule has 0 atom stereocenters. The molecule has 0 N–H and O–H groups in total. The highest BCUT2D eigenvalue weighted by atomic mass is 19.4. The topological polar surface area (TPSA) is 18.5 Å². The summed E-state index contributed by atoms with van der Waals surface area (Å²) in [5, 5.41) is 0. The molecule has 8 heteroatoms. The third kappa shape index (κ3) is 15.8. The molecule has 0 aliphatic heterocycles. The highest BCUT2D eigenvalue weighted by Gasteiger charge is 2.34. The first-order chi connectivity index (χ1) is 22.1. The Balaban J connectivity index is 1.99. The third-order valence-electron chi connectivity index (χ3n) is 7.58. The van der Waals surface area contributed by atoms with Crippen molar-refractivity contribution in [1.82, 2.24) is 0 Å². The summed E-state index contributed by atoms with van der Waals surface area (Å²) >= 11 is 0. The van der Waals surface area contributed by atoms with Gasteiger partial charge in [-0.2, -0.15) is 26.3 Å². The van der Waals surface area contributed by atoms with Gasteiger partial charge < -0.3 is 9.47 Å². The molecule has 0 fully saturated rings. The quantitative estimate of drug-likeness (QED) is 0.0807. The van der Waals surface area contributed by atoms with E-state index in [0.717, 1.165) is 63.5 Å². The Labute approximate surface area is 271 Å². The van der Waals surface area contributed by atoms with Crippen molar-refractivity contribution >= 4 is 0 Å². The first kappa shape index (κ1) is 38.9. The van der Waals surface area contributed by atoms with Gasteiger partial charge in [-0.3, -0.25) is 0 Å². The van der Waals surface area contributed by atoms with Gasteiger partial charge in [-0.25, -0.2) is 0 Å². The molecule has 0 aliphatic rings. The van der Waals surface area contributed by atoms with Crippen LogP contribution < -0.4 is 9.47 Å². The van der Waals surface area contributed by atoms with E-state index >= 15 is 0 Å². The van der Waals surface area contributed by atoms with Crippen molar-refractivity contribution in [2.24, 2.45) is 0 Å². The van der Waals surface area contributed by atoms with Crippen LogP contribution in [0.4, 0.5) is 26.3 Å². The predicted octanol–water partition coefficient (Wildman–Crippen LogP) is 12.2. The zero-order chi connectivity index (χ0) is 33.7. The second kappa shape index (κ2) is 21.5. The molecule has 0 aliphatic carbocycles. The van der Waals surface area contributed by atoms with Crippen molar-refractivity contribution in [3.8, 4) is 35.2 Å². The lowest BCUT2D eigenvalue weighted by atomic mass is 10.1. The van der Waals surface area contributed by atoms with Crippen molar-refractivity contribution in [3.05, 3.63) is 58.7 Å². The van der Waals surface area contributed by atoms with Gasteiger partial charge in [-0.05, 0) is 61.1 Å². The van der Waals surface area contributed by atoms with Crippen LogP contribution in [-0.4, -0.2) is 13.2 Å². The Morgan fingerprint density at radius 2 is 0.804 bits per heavy atom. The molecule has 0 saturated carbocycles. The fourth-order valence-electron chi connectivity index (χ4n) is 4.96. The molecular formula is C38H48F6O2. The second-order valence-electron chi connectivity index (χ2n) is 11.6. The van der Waals surface area contributed by atoms with Gasteiger partial charge in [0, 0.05) is 11.1 Å². The van der Waals surface area contributed by atoms with Gasteiger partial charge in [-0.15, -0.1) is 0 Å². The fraction of sp³-hybridized carbons (Fsp3) is 0.579. The molecule has 46 heavy (non-hydrogen) atoms. The van der Waals surface area contributed by atoms with Gasteiger partial charge >= 0.3 is 12.4 Å². The van der Waals surface area contributed by atoms with Crippen molar-refractivity contribution < 1.29 is 35.8 Å². The fourth-order valence-corrected chi connectivity index (χ4v) is 4.96. The van der Waals surface area contributed by atoms with E-state index in [1.54, 1.807) is 0 Å². The van der Waals surface area contributed by atoms with Crippen LogP contribution in [0, 0.1) is 23.7 Å². The summed E-state index contributed by atoms with van der Waals surface area (Å²) in [6.45, 7) is 4.96. The Hall–Kier alpha value is -3.26. The molecule has 0 bridgehead atoms. The molecule has 2 aromatic carbocycles. The highest BCUT2D eigenvalue weighted by Crippen LogP contribution is 2.35. The third-order valence-corrected chi connectivity index (χ3v) is 7.58. The van der Waals surface area contributed by atoms with Gasteiger partial charge in [-0.1, -0.05) is 116 Å². The summed E-state index contributed by atoms with van der Waals surface area (Å²) in [5.41, 5.74) is -2.63. The van der Waals surface area contributed by atoms with Crippen molar-refractivity contribution in [1.29, 1.82) is 0 Å². The molecule has 0 radical (unpaired) electrons. The summed E-state index contributed by atoms with van der Waals surface area (Å²) in [4.78, 5) is 0. The molecule has 0 heterocycles. The molecular weight excluding hydrogens is 602 g/mol. The monoisotopic (exact) mass is 650 g/mol. The van der Waals surface area contributed by atoms with E-state index in [-0.39, 0.29) is 22.6 Å². The van der Waals surface area contributed by atoms with Gasteiger partial charge in [0.25, 0.3) is 0 Å². The van der Waals surface area contributed by atoms with Gasteiger partial charge in [0.2, 0.25) is 0 Å². The van der Waals surface area contributed by atoms with E-state index in [0.29, 0.717) is 13.2 Å². The van der Waals surface area contributed by atoms with Crippen molar-refractivity contribution in [3.63, 3.8) is 0 Å². The first-order valence-electron chi connectivity index (χ1n) is 16.8. The molecule has 2 rings (SSSR count). The summed E-state index contributed by atoms with van der Waals surface area (Å²) in [6, 6.07) is 7.00. The number of hydrogen-bond donors (Lipinski definition) is 0. The van der Waals surface area contributed by atoms with Crippen molar-refractivity contribution in [2.45, 2.75) is 129 Å².